The molecule has 28 heavy (non-hydrogen) atoms. The van der Waals surface area contributed by atoms with Crippen molar-refractivity contribution in [3.05, 3.63) is 51.9 Å². The van der Waals surface area contributed by atoms with Crippen molar-refractivity contribution in [1.29, 1.82) is 0 Å². The lowest BCUT2D eigenvalue weighted by atomic mass is 10.1. The third-order valence-electron chi connectivity index (χ3n) is 4.41. The number of benzene rings is 2. The SMILES string of the molecule is COc1ccc(/C=C2\SC(=O)N(c3ccc(C)cc3C)C2=O)c(OC)c1OC. The number of imide groups is 1. The molecule has 3 rings (SSSR count). The molecule has 2 aromatic rings. The number of hydrogen-bond acceptors (Lipinski definition) is 6. The third-order valence-corrected chi connectivity index (χ3v) is 5.28. The predicted molar refractivity (Wildman–Crippen MR) is 110 cm³/mol. The van der Waals surface area contributed by atoms with Crippen LogP contribution in [0, 0.1) is 13.8 Å². The summed E-state index contributed by atoms with van der Waals surface area (Å²) < 4.78 is 16.1. The lowest BCUT2D eigenvalue weighted by Gasteiger charge is -2.16. The summed E-state index contributed by atoms with van der Waals surface area (Å²) in [6.07, 6.45) is 1.63. The van der Waals surface area contributed by atoms with E-state index >= 15 is 0 Å². The van der Waals surface area contributed by atoms with E-state index in [9.17, 15) is 9.59 Å². The maximum atomic E-state index is 13.0. The smallest absolute Gasteiger partial charge is 0.298 e. The van der Waals surface area contributed by atoms with Gasteiger partial charge >= 0.3 is 0 Å². The van der Waals surface area contributed by atoms with Crippen LogP contribution < -0.4 is 19.1 Å². The van der Waals surface area contributed by atoms with Crippen molar-refractivity contribution in [3.8, 4) is 17.2 Å². The van der Waals surface area contributed by atoms with E-state index < -0.39 is 0 Å². The quantitative estimate of drug-likeness (QED) is 0.686. The van der Waals surface area contributed by atoms with Crippen LogP contribution in [0.25, 0.3) is 6.08 Å². The number of anilines is 1. The van der Waals surface area contributed by atoms with Crippen molar-refractivity contribution in [1.82, 2.24) is 0 Å². The van der Waals surface area contributed by atoms with Gasteiger partial charge in [0.2, 0.25) is 5.75 Å². The fourth-order valence-electron chi connectivity index (χ4n) is 3.11. The van der Waals surface area contributed by atoms with Gasteiger partial charge in [-0.2, -0.15) is 0 Å². The van der Waals surface area contributed by atoms with Crippen LogP contribution in [-0.2, 0) is 4.79 Å². The molecule has 0 atom stereocenters. The van der Waals surface area contributed by atoms with E-state index in [0.717, 1.165) is 22.9 Å². The zero-order chi connectivity index (χ0) is 20.4. The molecule has 0 bridgehead atoms. The first-order chi connectivity index (χ1) is 13.4. The van der Waals surface area contributed by atoms with E-state index in [1.54, 1.807) is 24.3 Å². The topological polar surface area (TPSA) is 65.1 Å². The average molecular weight is 399 g/mol. The number of rotatable bonds is 5. The third kappa shape index (κ3) is 3.45. The molecule has 0 aliphatic carbocycles. The molecule has 0 aromatic heterocycles. The molecule has 146 valence electrons. The number of nitrogens with zero attached hydrogens (tertiary/aromatic N) is 1. The van der Waals surface area contributed by atoms with Gasteiger partial charge in [0.25, 0.3) is 11.1 Å². The van der Waals surface area contributed by atoms with Crippen molar-refractivity contribution < 1.29 is 23.8 Å². The Kier molecular flexibility index (Phi) is 5.65. The maximum Gasteiger partial charge on any atom is 0.298 e. The minimum absolute atomic E-state index is 0.315. The van der Waals surface area contributed by atoms with E-state index in [1.807, 2.05) is 26.0 Å². The normalized spacial score (nSPS) is 15.3. The summed E-state index contributed by atoms with van der Waals surface area (Å²) in [6, 6.07) is 9.10. The first-order valence-corrected chi connectivity index (χ1v) is 9.37. The summed E-state index contributed by atoms with van der Waals surface area (Å²) >= 11 is 0.898. The second-order valence-electron chi connectivity index (χ2n) is 6.23. The van der Waals surface area contributed by atoms with Gasteiger partial charge in [-0.1, -0.05) is 17.7 Å². The highest BCUT2D eigenvalue weighted by atomic mass is 32.2. The van der Waals surface area contributed by atoms with E-state index in [4.69, 9.17) is 14.2 Å². The van der Waals surface area contributed by atoms with E-state index in [-0.39, 0.29) is 11.1 Å². The van der Waals surface area contributed by atoms with Crippen molar-refractivity contribution >= 4 is 34.7 Å². The molecule has 6 nitrogen and oxygen atoms in total. The molecule has 2 aromatic carbocycles. The lowest BCUT2D eigenvalue weighted by molar-refractivity contribution is -0.113. The molecule has 0 N–H and O–H groups in total. The molecule has 2 amide bonds. The summed E-state index contributed by atoms with van der Waals surface area (Å²) in [5.41, 5.74) is 3.15. The molecule has 0 unspecified atom stereocenters. The lowest BCUT2D eigenvalue weighted by Crippen LogP contribution is -2.28. The van der Waals surface area contributed by atoms with Gasteiger partial charge in [-0.25, -0.2) is 4.90 Å². The van der Waals surface area contributed by atoms with Crippen LogP contribution in [-0.4, -0.2) is 32.5 Å². The number of aryl methyl sites for hydroxylation is 2. The Labute approximate surface area is 168 Å². The molecule has 1 aliphatic rings. The number of carbonyl (C=O) groups is 2. The van der Waals surface area contributed by atoms with Gasteiger partial charge < -0.3 is 14.2 Å². The molecule has 0 radical (unpaired) electrons. The molecule has 7 heteroatoms. The molecule has 1 heterocycles. The Balaban J connectivity index is 2.03. The standard InChI is InChI=1S/C21H21NO5S/c1-12-6-8-15(13(2)10-12)22-20(23)17(28-21(22)24)11-14-7-9-16(25-3)19(27-5)18(14)26-4/h6-11H,1-5H3/b17-11-. The van der Waals surface area contributed by atoms with Crippen molar-refractivity contribution in [2.24, 2.45) is 0 Å². The van der Waals surface area contributed by atoms with Gasteiger partial charge in [0, 0.05) is 5.56 Å². The van der Waals surface area contributed by atoms with E-state index in [2.05, 4.69) is 0 Å². The van der Waals surface area contributed by atoms with Crippen LogP contribution >= 0.6 is 11.8 Å². The fraction of sp³-hybridized carbons (Fsp3) is 0.238. The van der Waals surface area contributed by atoms with Gasteiger partial charge in [-0.05, 0) is 55.4 Å². The zero-order valence-corrected chi connectivity index (χ0v) is 17.2. The van der Waals surface area contributed by atoms with Crippen LogP contribution in [0.5, 0.6) is 17.2 Å². The molecule has 0 spiro atoms. The average Bonchev–Trinajstić information content (AvgIpc) is 2.94. The number of hydrogen-bond donors (Lipinski definition) is 0. The zero-order valence-electron chi connectivity index (χ0n) is 16.4. The number of amides is 2. The van der Waals surface area contributed by atoms with E-state index in [0.29, 0.717) is 33.4 Å². The number of methoxy groups -OCH3 is 3. The minimum Gasteiger partial charge on any atom is -0.493 e. The van der Waals surface area contributed by atoms with Crippen LogP contribution in [0.1, 0.15) is 16.7 Å². The number of carbonyl (C=O) groups excluding carboxylic acids is 2. The number of ether oxygens (including phenoxy) is 3. The predicted octanol–water partition coefficient (Wildman–Crippen LogP) is 4.57. The summed E-state index contributed by atoms with van der Waals surface area (Å²) in [6.45, 7) is 3.85. The van der Waals surface area contributed by atoms with Gasteiger partial charge in [0.15, 0.2) is 11.5 Å². The molecule has 1 saturated heterocycles. The second kappa shape index (κ2) is 7.98. The van der Waals surface area contributed by atoms with Crippen LogP contribution in [0.3, 0.4) is 0 Å². The van der Waals surface area contributed by atoms with Crippen molar-refractivity contribution in [2.45, 2.75) is 13.8 Å². The number of thioether (sulfide) groups is 1. The Hall–Kier alpha value is -2.93. The van der Waals surface area contributed by atoms with E-state index in [1.165, 1.54) is 26.2 Å². The van der Waals surface area contributed by atoms with Crippen LogP contribution in [0.2, 0.25) is 0 Å². The Bertz CT molecular complexity index is 983. The minimum atomic E-state index is -0.362. The highest BCUT2D eigenvalue weighted by Gasteiger charge is 2.37. The Morgan fingerprint density at radius 3 is 2.25 bits per heavy atom. The first kappa shape index (κ1) is 19.8. The molecule has 0 saturated carbocycles. The van der Waals surface area contributed by atoms with Crippen molar-refractivity contribution in [3.63, 3.8) is 0 Å². The monoisotopic (exact) mass is 399 g/mol. The summed E-state index contributed by atoms with van der Waals surface area (Å²) in [7, 11) is 4.56. The summed E-state index contributed by atoms with van der Waals surface area (Å²) in [5, 5.41) is -0.331. The Morgan fingerprint density at radius 1 is 0.929 bits per heavy atom. The second-order valence-corrected chi connectivity index (χ2v) is 7.22. The summed E-state index contributed by atoms with van der Waals surface area (Å²) in [4.78, 5) is 27.0. The molecular formula is C21H21NO5S. The Morgan fingerprint density at radius 2 is 1.64 bits per heavy atom. The highest BCUT2D eigenvalue weighted by Crippen LogP contribution is 2.43. The van der Waals surface area contributed by atoms with Crippen LogP contribution in [0.15, 0.2) is 35.2 Å². The molecule has 1 aliphatic heterocycles. The van der Waals surface area contributed by atoms with Gasteiger partial charge in [-0.15, -0.1) is 0 Å². The van der Waals surface area contributed by atoms with Gasteiger partial charge in [0.05, 0.1) is 31.9 Å². The highest BCUT2D eigenvalue weighted by molar-refractivity contribution is 8.19. The van der Waals surface area contributed by atoms with Crippen LogP contribution in [0.4, 0.5) is 10.5 Å². The van der Waals surface area contributed by atoms with Crippen molar-refractivity contribution in [2.75, 3.05) is 26.2 Å². The van der Waals surface area contributed by atoms with Gasteiger partial charge in [0.1, 0.15) is 0 Å². The molecule has 1 fully saturated rings. The molecular weight excluding hydrogens is 378 g/mol. The first-order valence-electron chi connectivity index (χ1n) is 8.55. The fourth-order valence-corrected chi connectivity index (χ4v) is 3.94. The largest absolute Gasteiger partial charge is 0.493 e. The maximum absolute atomic E-state index is 13.0. The summed E-state index contributed by atoms with van der Waals surface area (Å²) in [5.74, 6) is 1.01. The van der Waals surface area contributed by atoms with Gasteiger partial charge in [-0.3, -0.25) is 9.59 Å².